The number of aromatic nitrogens is 5. The largest absolute Gasteiger partial charge is 0.493 e. The highest BCUT2D eigenvalue weighted by molar-refractivity contribution is 6.02. The van der Waals surface area contributed by atoms with E-state index in [1.165, 1.54) is 32.0 Å². The topological polar surface area (TPSA) is 128 Å². The summed E-state index contributed by atoms with van der Waals surface area (Å²) in [5.74, 6) is 1.75. The van der Waals surface area contributed by atoms with Crippen LogP contribution >= 0.6 is 0 Å². The fourth-order valence-corrected chi connectivity index (χ4v) is 4.58. The molecule has 1 saturated carbocycles. The molecule has 198 valence electrons. The zero-order valence-electron chi connectivity index (χ0n) is 21.6. The van der Waals surface area contributed by atoms with E-state index in [0.717, 1.165) is 23.9 Å². The first-order chi connectivity index (χ1) is 18.6. The van der Waals surface area contributed by atoms with E-state index in [4.69, 9.17) is 9.47 Å². The lowest BCUT2D eigenvalue weighted by molar-refractivity contribution is 0.101. The summed E-state index contributed by atoms with van der Waals surface area (Å²) < 4.78 is 13.4. The number of fused-ring (bicyclic) bond motifs is 1. The molecule has 3 N–H and O–H groups in total. The van der Waals surface area contributed by atoms with Crippen LogP contribution in [-0.2, 0) is 7.05 Å². The Hall–Kier alpha value is -4.25. The van der Waals surface area contributed by atoms with Crippen LogP contribution in [0.4, 0.5) is 17.5 Å². The van der Waals surface area contributed by atoms with Crippen molar-refractivity contribution in [1.29, 1.82) is 0 Å². The maximum Gasteiger partial charge on any atom is 0.274 e. The van der Waals surface area contributed by atoms with Crippen molar-refractivity contribution in [3.63, 3.8) is 0 Å². The number of hydrogen-bond acceptors (Lipinski definition) is 9. The average Bonchev–Trinajstić information content (AvgIpc) is 3.61. The summed E-state index contributed by atoms with van der Waals surface area (Å²) in [6.45, 7) is 1.52. The quantitative estimate of drug-likeness (QED) is 0.253. The number of amides is 1. The second-order valence-electron chi connectivity index (χ2n) is 9.26. The minimum absolute atomic E-state index is 0.205. The number of anilines is 3. The first kappa shape index (κ1) is 25.4. The molecule has 0 atom stereocenters. The Bertz CT molecular complexity index is 1380. The van der Waals surface area contributed by atoms with E-state index in [-0.39, 0.29) is 11.9 Å². The van der Waals surface area contributed by atoms with Gasteiger partial charge >= 0.3 is 0 Å². The molecule has 0 bridgehead atoms. The first-order valence-electron chi connectivity index (χ1n) is 12.8. The van der Waals surface area contributed by atoms with Crippen molar-refractivity contribution in [1.82, 2.24) is 29.8 Å². The Labute approximate surface area is 221 Å². The van der Waals surface area contributed by atoms with Crippen molar-refractivity contribution in [2.75, 3.05) is 30.9 Å². The molecule has 0 saturated heterocycles. The van der Waals surface area contributed by atoms with E-state index in [1.807, 2.05) is 12.1 Å². The van der Waals surface area contributed by atoms with Gasteiger partial charge in [-0.1, -0.05) is 12.8 Å². The Balaban J connectivity index is 1.23. The van der Waals surface area contributed by atoms with Crippen LogP contribution in [0.3, 0.4) is 0 Å². The first-order valence-corrected chi connectivity index (χ1v) is 12.8. The standard InChI is InChI=1S/C27H32N8O3/c1-35-11-5-9-22(35)26(36)34-27-29-15-19(16-30-27)33-25-20-13-23(37-2)24(14-21(20)31-17-32-25)38-12-6-10-28-18-7-3-4-8-18/h5,9,11,13-18,28H,3-4,6-8,10,12H2,1-2H3,(H,31,32,33)(H,29,30,34,36). The molecule has 4 aromatic rings. The molecule has 5 rings (SSSR count). The smallest absolute Gasteiger partial charge is 0.274 e. The van der Waals surface area contributed by atoms with Crippen molar-refractivity contribution in [3.05, 3.63) is 54.9 Å². The molecule has 11 nitrogen and oxygen atoms in total. The van der Waals surface area contributed by atoms with E-state index in [9.17, 15) is 4.79 Å². The van der Waals surface area contributed by atoms with Gasteiger partial charge in [0, 0.05) is 30.7 Å². The molecule has 0 spiro atoms. The summed E-state index contributed by atoms with van der Waals surface area (Å²) in [5.41, 5.74) is 1.84. The van der Waals surface area contributed by atoms with E-state index in [2.05, 4.69) is 35.9 Å². The molecule has 38 heavy (non-hydrogen) atoms. The van der Waals surface area contributed by atoms with Crippen molar-refractivity contribution < 1.29 is 14.3 Å². The third-order valence-electron chi connectivity index (χ3n) is 6.60. The summed E-state index contributed by atoms with van der Waals surface area (Å²) >= 11 is 0. The normalized spacial score (nSPS) is 13.5. The van der Waals surface area contributed by atoms with Crippen LogP contribution in [-0.4, -0.2) is 56.7 Å². The summed E-state index contributed by atoms with van der Waals surface area (Å²) in [6, 6.07) is 7.91. The zero-order chi connectivity index (χ0) is 26.3. The van der Waals surface area contributed by atoms with E-state index >= 15 is 0 Å². The van der Waals surface area contributed by atoms with E-state index < -0.39 is 0 Å². The molecule has 0 aliphatic heterocycles. The van der Waals surface area contributed by atoms with Gasteiger partial charge in [0.15, 0.2) is 11.5 Å². The number of methoxy groups -OCH3 is 1. The number of carbonyl (C=O) groups is 1. The second kappa shape index (κ2) is 11.9. The Kier molecular flexibility index (Phi) is 7.93. The van der Waals surface area contributed by atoms with Crippen LogP contribution in [0.2, 0.25) is 0 Å². The third-order valence-corrected chi connectivity index (χ3v) is 6.60. The maximum absolute atomic E-state index is 12.4. The molecule has 0 unspecified atom stereocenters. The van der Waals surface area contributed by atoms with Crippen LogP contribution in [0.5, 0.6) is 11.5 Å². The summed E-state index contributed by atoms with van der Waals surface area (Å²) in [7, 11) is 3.41. The van der Waals surface area contributed by atoms with Crippen LogP contribution in [0.25, 0.3) is 10.9 Å². The number of aryl methyl sites for hydroxylation is 1. The molecule has 3 heterocycles. The minimum Gasteiger partial charge on any atom is -0.493 e. The number of rotatable bonds is 11. The van der Waals surface area contributed by atoms with Crippen LogP contribution in [0.15, 0.2) is 49.2 Å². The van der Waals surface area contributed by atoms with Gasteiger partial charge in [0.1, 0.15) is 17.8 Å². The molecule has 0 radical (unpaired) electrons. The molecule has 3 aromatic heterocycles. The summed E-state index contributed by atoms with van der Waals surface area (Å²) in [4.78, 5) is 29.7. The molecular weight excluding hydrogens is 484 g/mol. The SMILES string of the molecule is COc1cc2c(Nc3cnc(NC(=O)c4cccn4C)nc3)ncnc2cc1OCCCNC1CCCC1. The van der Waals surface area contributed by atoms with Crippen LogP contribution in [0.1, 0.15) is 42.6 Å². The lowest BCUT2D eigenvalue weighted by Gasteiger charge is -2.15. The van der Waals surface area contributed by atoms with E-state index in [1.54, 1.807) is 49.4 Å². The van der Waals surface area contributed by atoms with Crippen molar-refractivity contribution in [2.24, 2.45) is 7.05 Å². The molecular formula is C27H32N8O3. The predicted molar refractivity (Wildman–Crippen MR) is 145 cm³/mol. The predicted octanol–water partition coefficient (Wildman–Crippen LogP) is 4.06. The molecule has 1 amide bonds. The maximum atomic E-state index is 12.4. The number of benzene rings is 1. The van der Waals surface area contributed by atoms with Gasteiger partial charge in [0.2, 0.25) is 5.95 Å². The second-order valence-corrected chi connectivity index (χ2v) is 9.26. The van der Waals surface area contributed by atoms with Gasteiger partial charge in [-0.15, -0.1) is 0 Å². The van der Waals surface area contributed by atoms with Gasteiger partial charge in [-0.25, -0.2) is 19.9 Å². The van der Waals surface area contributed by atoms with Gasteiger partial charge in [-0.3, -0.25) is 10.1 Å². The van der Waals surface area contributed by atoms with Gasteiger partial charge in [-0.05, 0) is 44.0 Å². The highest BCUT2D eigenvalue weighted by Gasteiger charge is 2.15. The molecule has 1 aliphatic rings. The zero-order valence-corrected chi connectivity index (χ0v) is 21.6. The fourth-order valence-electron chi connectivity index (χ4n) is 4.58. The van der Waals surface area contributed by atoms with Crippen molar-refractivity contribution in [3.8, 4) is 11.5 Å². The molecule has 1 aromatic carbocycles. The van der Waals surface area contributed by atoms with Gasteiger partial charge in [0.25, 0.3) is 5.91 Å². The van der Waals surface area contributed by atoms with Gasteiger partial charge in [-0.2, -0.15) is 0 Å². The summed E-state index contributed by atoms with van der Waals surface area (Å²) in [5, 5.41) is 10.3. The number of nitrogens with one attached hydrogen (secondary N) is 3. The third kappa shape index (κ3) is 6.00. The lowest BCUT2D eigenvalue weighted by atomic mass is 10.2. The fraction of sp³-hybridized carbons (Fsp3) is 0.370. The number of nitrogens with zero attached hydrogens (tertiary/aromatic N) is 5. The highest BCUT2D eigenvalue weighted by atomic mass is 16.5. The molecule has 1 fully saturated rings. The monoisotopic (exact) mass is 516 g/mol. The Morgan fingerprint density at radius 1 is 1.11 bits per heavy atom. The van der Waals surface area contributed by atoms with Gasteiger partial charge in [0.05, 0.1) is 37.3 Å². The Morgan fingerprint density at radius 2 is 1.92 bits per heavy atom. The molecule has 1 aliphatic carbocycles. The Morgan fingerprint density at radius 3 is 2.66 bits per heavy atom. The van der Waals surface area contributed by atoms with Crippen LogP contribution in [0, 0.1) is 0 Å². The van der Waals surface area contributed by atoms with E-state index in [0.29, 0.717) is 41.3 Å². The summed E-state index contributed by atoms with van der Waals surface area (Å²) in [6.07, 6.45) is 12.6. The number of hydrogen-bond donors (Lipinski definition) is 3. The lowest BCUT2D eigenvalue weighted by Crippen LogP contribution is -2.27. The van der Waals surface area contributed by atoms with Crippen LogP contribution < -0.4 is 25.4 Å². The molecule has 11 heteroatoms. The number of carbonyl (C=O) groups excluding carboxylic acids is 1. The van der Waals surface area contributed by atoms with Crippen molar-refractivity contribution in [2.45, 2.75) is 38.1 Å². The number of ether oxygens (including phenoxy) is 2. The van der Waals surface area contributed by atoms with Crippen molar-refractivity contribution >= 4 is 34.3 Å². The van der Waals surface area contributed by atoms with Gasteiger partial charge < -0.3 is 24.7 Å². The average molecular weight is 517 g/mol. The highest BCUT2D eigenvalue weighted by Crippen LogP contribution is 2.34. The minimum atomic E-state index is -0.282.